The minimum Gasteiger partial charge on any atom is -0.311 e. The molecule has 3 heteroatoms. The Labute approximate surface area is 389 Å². The summed E-state index contributed by atoms with van der Waals surface area (Å²) in [5, 5.41) is 0. The molecule has 0 saturated carbocycles. The normalized spacial score (nSPS) is 10.2. The molecule has 0 N–H and O–H groups in total. The van der Waals surface area contributed by atoms with Crippen LogP contribution >= 0.6 is 0 Å². The van der Waals surface area contributed by atoms with Gasteiger partial charge in [0, 0.05) is 51.2 Å². The molecule has 0 spiro atoms. The minimum atomic E-state index is 1.09. The average Bonchev–Trinajstić information content (AvgIpc) is 3.33. The standard InChI is InChI=1S/C45H39N3.C8H10.C7H8.C2H6/c1-34-20-22-39(23-21-34)46(40-24-28-42(29-25-40)47(37-14-6-4-7-15-37)44-18-10-12-35(2)32-44)41-26-30-43(31-27-41)48(38-16-8-5-9-17-38)45-19-11-13-36(3)33-45;1-7-4-3-5-8(2)6-7;1-7-5-3-2-4-6-7;1-2/h4-33H,1-3H3;3-6H,1-2H3;2-6H,1H3;1-2H3. The fraction of sp³-hybridized carbons (Fsp3) is 0.129. The van der Waals surface area contributed by atoms with Gasteiger partial charge in [-0.2, -0.15) is 0 Å². The van der Waals surface area contributed by atoms with E-state index in [0.717, 1.165) is 51.2 Å². The summed E-state index contributed by atoms with van der Waals surface area (Å²) in [5.74, 6) is 0. The van der Waals surface area contributed by atoms with Gasteiger partial charge < -0.3 is 14.7 Å². The summed E-state index contributed by atoms with van der Waals surface area (Å²) >= 11 is 0. The quantitative estimate of drug-likeness (QED) is 0.143. The average molecular weight is 850 g/mol. The van der Waals surface area contributed by atoms with Crippen molar-refractivity contribution in [2.45, 2.75) is 55.4 Å². The summed E-state index contributed by atoms with van der Waals surface area (Å²) < 4.78 is 0. The summed E-state index contributed by atoms with van der Waals surface area (Å²) in [6.45, 7) is 16.7. The third-order valence-corrected chi connectivity index (χ3v) is 10.7. The maximum atomic E-state index is 2.33. The van der Waals surface area contributed by atoms with Crippen LogP contribution in [0.3, 0.4) is 0 Å². The highest BCUT2D eigenvalue weighted by Gasteiger charge is 2.18. The topological polar surface area (TPSA) is 9.72 Å². The van der Waals surface area contributed by atoms with Crippen LogP contribution in [0.4, 0.5) is 51.2 Å². The molecule has 326 valence electrons. The molecule has 9 aromatic rings. The van der Waals surface area contributed by atoms with Gasteiger partial charge >= 0.3 is 0 Å². The molecule has 0 bridgehead atoms. The molecular weight excluding hydrogens is 787 g/mol. The number of para-hydroxylation sites is 2. The molecule has 9 aromatic carbocycles. The summed E-state index contributed by atoms with van der Waals surface area (Å²) in [7, 11) is 0. The van der Waals surface area contributed by atoms with E-state index < -0.39 is 0 Å². The molecule has 0 radical (unpaired) electrons. The molecule has 0 aliphatic heterocycles. The third kappa shape index (κ3) is 13.2. The molecule has 0 aromatic heterocycles. The van der Waals surface area contributed by atoms with Gasteiger partial charge in [0.15, 0.2) is 0 Å². The summed E-state index contributed by atoms with van der Waals surface area (Å²) in [6, 6.07) is 83.7. The molecule has 0 aliphatic carbocycles. The van der Waals surface area contributed by atoms with Crippen molar-refractivity contribution in [1.82, 2.24) is 0 Å². The van der Waals surface area contributed by atoms with Gasteiger partial charge in [0.25, 0.3) is 0 Å². The van der Waals surface area contributed by atoms with Crippen molar-refractivity contribution in [3.8, 4) is 0 Å². The van der Waals surface area contributed by atoms with Crippen LogP contribution < -0.4 is 14.7 Å². The third-order valence-electron chi connectivity index (χ3n) is 10.7. The van der Waals surface area contributed by atoms with Gasteiger partial charge in [0.2, 0.25) is 0 Å². The first kappa shape index (κ1) is 46.9. The van der Waals surface area contributed by atoms with Gasteiger partial charge in [0.1, 0.15) is 0 Å². The largest absolute Gasteiger partial charge is 0.311 e. The fourth-order valence-corrected chi connectivity index (χ4v) is 7.57. The van der Waals surface area contributed by atoms with E-state index in [1.165, 1.54) is 33.4 Å². The maximum absolute atomic E-state index is 2.33. The van der Waals surface area contributed by atoms with Crippen LogP contribution in [-0.2, 0) is 0 Å². The molecule has 0 saturated heterocycles. The van der Waals surface area contributed by atoms with Crippen molar-refractivity contribution in [2.24, 2.45) is 0 Å². The number of aryl methyl sites for hydroxylation is 6. The molecular formula is C62H63N3. The Morgan fingerprint density at radius 3 is 0.677 bits per heavy atom. The smallest absolute Gasteiger partial charge is 0.0464 e. The zero-order chi connectivity index (χ0) is 46.0. The Kier molecular flexibility index (Phi) is 17.1. The zero-order valence-corrected chi connectivity index (χ0v) is 39.4. The Balaban J connectivity index is 0.000000345. The number of nitrogens with zero attached hydrogens (tertiary/aromatic N) is 3. The van der Waals surface area contributed by atoms with E-state index >= 15 is 0 Å². The highest BCUT2D eigenvalue weighted by molar-refractivity contribution is 5.83. The van der Waals surface area contributed by atoms with Crippen LogP contribution in [0.2, 0.25) is 0 Å². The van der Waals surface area contributed by atoms with Crippen molar-refractivity contribution in [1.29, 1.82) is 0 Å². The highest BCUT2D eigenvalue weighted by Crippen LogP contribution is 2.41. The van der Waals surface area contributed by atoms with Crippen molar-refractivity contribution in [2.75, 3.05) is 14.7 Å². The van der Waals surface area contributed by atoms with Crippen molar-refractivity contribution < 1.29 is 0 Å². The Bertz CT molecular complexity index is 2610. The molecule has 0 atom stereocenters. The minimum absolute atomic E-state index is 1.09. The summed E-state index contributed by atoms with van der Waals surface area (Å²) in [5.41, 5.74) is 17.7. The lowest BCUT2D eigenvalue weighted by molar-refractivity contribution is 1.24. The lowest BCUT2D eigenvalue weighted by atomic mass is 10.1. The molecule has 9 rings (SSSR count). The number of benzene rings is 9. The second-order valence-corrected chi connectivity index (χ2v) is 16.0. The highest BCUT2D eigenvalue weighted by atomic mass is 15.2. The molecule has 0 fully saturated rings. The van der Waals surface area contributed by atoms with Gasteiger partial charge in [-0.25, -0.2) is 0 Å². The van der Waals surface area contributed by atoms with E-state index in [-0.39, 0.29) is 0 Å². The van der Waals surface area contributed by atoms with Crippen LogP contribution in [0.25, 0.3) is 0 Å². The van der Waals surface area contributed by atoms with E-state index in [1.807, 2.05) is 32.0 Å². The van der Waals surface area contributed by atoms with Crippen molar-refractivity contribution in [3.63, 3.8) is 0 Å². The monoisotopic (exact) mass is 850 g/mol. The molecule has 0 heterocycles. The predicted molar refractivity (Wildman–Crippen MR) is 283 cm³/mol. The van der Waals surface area contributed by atoms with Crippen LogP contribution in [-0.4, -0.2) is 0 Å². The summed E-state index contributed by atoms with van der Waals surface area (Å²) in [4.78, 5) is 6.95. The molecule has 0 amide bonds. The summed E-state index contributed by atoms with van der Waals surface area (Å²) in [6.07, 6.45) is 0. The van der Waals surface area contributed by atoms with Crippen LogP contribution in [0.15, 0.2) is 237 Å². The number of anilines is 9. The van der Waals surface area contributed by atoms with Crippen molar-refractivity contribution >= 4 is 51.2 Å². The van der Waals surface area contributed by atoms with Crippen LogP contribution in [0.1, 0.15) is 47.2 Å². The predicted octanol–water partition coefficient (Wildman–Crippen LogP) is 18.3. The molecule has 0 unspecified atom stereocenters. The SMILES string of the molecule is CC.Cc1ccc(N(c2ccc(N(c3ccccc3)c3cccc(C)c3)cc2)c2ccc(N(c3ccccc3)c3cccc(C)c3)cc2)cc1.Cc1cccc(C)c1.Cc1ccccc1. The van der Waals surface area contributed by atoms with E-state index in [0.29, 0.717) is 0 Å². The lowest BCUT2D eigenvalue weighted by Gasteiger charge is -2.29. The first-order valence-corrected chi connectivity index (χ1v) is 22.7. The van der Waals surface area contributed by atoms with E-state index in [4.69, 9.17) is 0 Å². The fourth-order valence-electron chi connectivity index (χ4n) is 7.57. The number of hydrogen-bond donors (Lipinski definition) is 0. The number of hydrogen-bond acceptors (Lipinski definition) is 3. The van der Waals surface area contributed by atoms with Gasteiger partial charge in [-0.05, 0) is 162 Å². The Hall–Kier alpha value is -7.62. The van der Waals surface area contributed by atoms with Crippen LogP contribution in [0.5, 0.6) is 0 Å². The number of rotatable bonds is 9. The second kappa shape index (κ2) is 23.7. The first-order chi connectivity index (χ1) is 31.7. The van der Waals surface area contributed by atoms with E-state index in [1.54, 1.807) is 0 Å². The molecule has 65 heavy (non-hydrogen) atoms. The zero-order valence-electron chi connectivity index (χ0n) is 39.4. The van der Waals surface area contributed by atoms with Gasteiger partial charge in [-0.3, -0.25) is 0 Å². The Morgan fingerprint density at radius 1 is 0.185 bits per heavy atom. The van der Waals surface area contributed by atoms with Gasteiger partial charge in [0.05, 0.1) is 0 Å². The van der Waals surface area contributed by atoms with Crippen molar-refractivity contribution in [3.05, 3.63) is 270 Å². The van der Waals surface area contributed by atoms with E-state index in [2.05, 4.69) is 275 Å². The lowest BCUT2D eigenvalue weighted by Crippen LogP contribution is -2.13. The Morgan fingerprint density at radius 2 is 0.400 bits per heavy atom. The van der Waals surface area contributed by atoms with Crippen LogP contribution in [0, 0.1) is 41.5 Å². The first-order valence-electron chi connectivity index (χ1n) is 22.7. The van der Waals surface area contributed by atoms with Gasteiger partial charge in [-0.1, -0.05) is 163 Å². The molecule has 0 aliphatic rings. The maximum Gasteiger partial charge on any atom is 0.0464 e. The second-order valence-electron chi connectivity index (χ2n) is 16.0. The van der Waals surface area contributed by atoms with E-state index in [9.17, 15) is 0 Å². The van der Waals surface area contributed by atoms with Gasteiger partial charge in [-0.15, -0.1) is 0 Å². The molecule has 3 nitrogen and oxygen atoms in total.